The number of benzene rings is 1. The van der Waals surface area contributed by atoms with Crippen molar-refractivity contribution < 1.29 is 33.6 Å². The van der Waals surface area contributed by atoms with Crippen molar-refractivity contribution in [1.29, 1.82) is 0 Å². The fraction of sp³-hybridized carbons (Fsp3) is 0.417. The van der Waals surface area contributed by atoms with Crippen LogP contribution in [0.4, 0.5) is 15.9 Å². The molecule has 1 aliphatic carbocycles. The first kappa shape index (κ1) is 28.8. The average molecular weight is 579 g/mol. The molecule has 15 heteroatoms. The Kier molecular flexibility index (Phi) is 7.68. The highest BCUT2D eigenvalue weighted by atomic mass is 32.2. The summed E-state index contributed by atoms with van der Waals surface area (Å²) in [6.07, 6.45) is -2.13. The summed E-state index contributed by atoms with van der Waals surface area (Å²) >= 11 is 1.13. The van der Waals surface area contributed by atoms with Crippen LogP contribution in [0.15, 0.2) is 30.6 Å². The Labute approximate surface area is 228 Å². The number of aliphatic hydroxyl groups excluding tert-OH is 4. The first-order chi connectivity index (χ1) is 18.1. The minimum absolute atomic E-state index is 0.114. The first-order valence-corrected chi connectivity index (χ1v) is 14.2. The number of hydrogen-bond donors (Lipinski definition) is 6. The number of amides is 2. The molecule has 210 valence electrons. The third-order valence-electron chi connectivity index (χ3n) is 6.31. The van der Waals surface area contributed by atoms with Crippen LogP contribution < -0.4 is 15.4 Å². The molecule has 4 rings (SSSR count). The predicted molar refractivity (Wildman–Crippen MR) is 148 cm³/mol. The third kappa shape index (κ3) is 5.46. The van der Waals surface area contributed by atoms with E-state index in [9.17, 15) is 33.6 Å². The Morgan fingerprint density at radius 1 is 1.10 bits per heavy atom. The summed E-state index contributed by atoms with van der Waals surface area (Å²) in [4.78, 5) is 26.0. The molecule has 0 unspecified atom stereocenters. The first-order valence-electron chi connectivity index (χ1n) is 11.9. The number of aromatic nitrogens is 3. The predicted octanol–water partition coefficient (Wildman–Crippen LogP) is 1.04. The van der Waals surface area contributed by atoms with Gasteiger partial charge in [-0.05, 0) is 57.0 Å². The standard InChI is InChI=1S/C24H30N6O7S2/c1-5-30(21(25)35)23-28-15-7-11(12-9-26-22(27-10-12)29-39(36,37)24(2,3)4)6-14(20(15)38-23)13-8-16(31)18(33)19(34)17(13)32/h6-10,16-19,31-34H,5H2,1-4H3,(H2,25,35)(H,26,27,29)/t16-,17+,18+,19+/m0/s1. The van der Waals surface area contributed by atoms with E-state index in [0.717, 1.165) is 11.3 Å². The Hall–Kier alpha value is -3.21. The monoisotopic (exact) mass is 578 g/mol. The second kappa shape index (κ2) is 10.4. The number of sulfonamides is 1. The number of carbonyl (C=O) groups excluding carboxylic acids is 1. The van der Waals surface area contributed by atoms with Crippen LogP contribution in [-0.4, -0.2) is 85.5 Å². The number of primary amides is 1. The van der Waals surface area contributed by atoms with E-state index in [-0.39, 0.29) is 18.1 Å². The number of urea groups is 1. The van der Waals surface area contributed by atoms with Crippen molar-refractivity contribution in [3.05, 3.63) is 36.2 Å². The lowest BCUT2D eigenvalue weighted by Gasteiger charge is -2.32. The molecule has 2 aromatic heterocycles. The van der Waals surface area contributed by atoms with Gasteiger partial charge in [0.05, 0.1) is 15.0 Å². The van der Waals surface area contributed by atoms with E-state index >= 15 is 0 Å². The van der Waals surface area contributed by atoms with Crippen LogP contribution in [0.1, 0.15) is 33.3 Å². The van der Waals surface area contributed by atoms with Crippen molar-refractivity contribution in [1.82, 2.24) is 15.0 Å². The molecule has 2 amide bonds. The van der Waals surface area contributed by atoms with Crippen molar-refractivity contribution in [2.75, 3.05) is 16.2 Å². The molecule has 1 aromatic carbocycles. The van der Waals surface area contributed by atoms with Crippen LogP contribution in [0.2, 0.25) is 0 Å². The smallest absolute Gasteiger partial charge is 0.321 e. The lowest BCUT2D eigenvalue weighted by Crippen LogP contribution is -2.47. The van der Waals surface area contributed by atoms with Gasteiger partial charge < -0.3 is 26.2 Å². The van der Waals surface area contributed by atoms with E-state index in [1.54, 1.807) is 39.8 Å². The van der Waals surface area contributed by atoms with Gasteiger partial charge in [0.25, 0.3) is 0 Å². The number of carbonyl (C=O) groups is 1. The number of fused-ring (bicyclic) bond motifs is 1. The molecule has 0 radical (unpaired) electrons. The topological polar surface area (TPSA) is 212 Å². The molecule has 2 heterocycles. The molecule has 13 nitrogen and oxygen atoms in total. The Morgan fingerprint density at radius 2 is 1.74 bits per heavy atom. The Morgan fingerprint density at radius 3 is 2.31 bits per heavy atom. The number of thiazole rings is 1. The third-order valence-corrected chi connectivity index (χ3v) is 9.50. The second-order valence-electron chi connectivity index (χ2n) is 10.0. The molecule has 39 heavy (non-hydrogen) atoms. The van der Waals surface area contributed by atoms with Crippen molar-refractivity contribution in [2.45, 2.75) is 56.9 Å². The molecule has 3 aromatic rings. The van der Waals surface area contributed by atoms with Crippen LogP contribution in [-0.2, 0) is 10.0 Å². The van der Waals surface area contributed by atoms with Crippen LogP contribution in [0.3, 0.4) is 0 Å². The zero-order chi connectivity index (χ0) is 28.9. The Bertz CT molecular complexity index is 1530. The molecule has 7 N–H and O–H groups in total. The maximum absolute atomic E-state index is 12.5. The van der Waals surface area contributed by atoms with E-state index < -0.39 is 45.2 Å². The van der Waals surface area contributed by atoms with Gasteiger partial charge >= 0.3 is 6.03 Å². The Balaban J connectivity index is 1.85. The van der Waals surface area contributed by atoms with Gasteiger partial charge in [-0.25, -0.2) is 28.2 Å². The fourth-order valence-corrected chi connectivity index (χ4v) is 5.71. The lowest BCUT2D eigenvalue weighted by molar-refractivity contribution is -0.0846. The van der Waals surface area contributed by atoms with E-state index in [0.29, 0.717) is 32.0 Å². The summed E-state index contributed by atoms with van der Waals surface area (Å²) in [5.74, 6) is -0.114. The molecular weight excluding hydrogens is 548 g/mol. The quantitative estimate of drug-likeness (QED) is 0.244. The molecule has 1 aliphatic rings. The SMILES string of the molecule is CCN(C(N)=O)c1nc2cc(-c3cnc(NS(=O)(=O)C(C)(C)C)nc3)cc(C3=C[C@H](O)[C@@H](O)[C@H](O)[C@@H]3O)c2s1. The number of hydrogen-bond acceptors (Lipinski definition) is 11. The number of nitrogens with zero attached hydrogens (tertiary/aromatic N) is 4. The van der Waals surface area contributed by atoms with Gasteiger partial charge in [-0.1, -0.05) is 11.3 Å². The molecule has 0 saturated heterocycles. The van der Waals surface area contributed by atoms with Gasteiger partial charge in [-0.15, -0.1) is 0 Å². The fourth-order valence-electron chi connectivity index (χ4n) is 3.91. The number of aliphatic hydroxyl groups is 4. The summed E-state index contributed by atoms with van der Waals surface area (Å²) in [7, 11) is -3.74. The molecule has 0 spiro atoms. The van der Waals surface area contributed by atoms with E-state index in [2.05, 4.69) is 19.7 Å². The summed E-state index contributed by atoms with van der Waals surface area (Å²) in [5.41, 5.74) is 7.46. The van der Waals surface area contributed by atoms with Gasteiger partial charge in [0, 0.05) is 30.1 Å². The van der Waals surface area contributed by atoms with Crippen molar-refractivity contribution in [2.24, 2.45) is 5.73 Å². The largest absolute Gasteiger partial charge is 0.387 e. The van der Waals surface area contributed by atoms with Gasteiger partial charge in [0.2, 0.25) is 16.0 Å². The molecule has 0 aliphatic heterocycles. The lowest BCUT2D eigenvalue weighted by atomic mass is 9.85. The summed E-state index contributed by atoms with van der Waals surface area (Å²) in [6, 6.07) is 2.66. The van der Waals surface area contributed by atoms with Crippen LogP contribution in [0.25, 0.3) is 26.9 Å². The van der Waals surface area contributed by atoms with Crippen LogP contribution in [0.5, 0.6) is 0 Å². The zero-order valence-corrected chi connectivity index (χ0v) is 23.2. The van der Waals surface area contributed by atoms with Gasteiger partial charge in [-0.3, -0.25) is 9.62 Å². The number of rotatable bonds is 6. The summed E-state index contributed by atoms with van der Waals surface area (Å²) in [6.45, 7) is 6.62. The maximum Gasteiger partial charge on any atom is 0.321 e. The van der Waals surface area contributed by atoms with E-state index in [1.165, 1.54) is 23.4 Å². The zero-order valence-electron chi connectivity index (χ0n) is 21.6. The minimum atomic E-state index is -3.74. The van der Waals surface area contributed by atoms with Crippen molar-refractivity contribution >= 4 is 54.3 Å². The summed E-state index contributed by atoms with van der Waals surface area (Å²) < 4.78 is 26.7. The summed E-state index contributed by atoms with van der Waals surface area (Å²) in [5, 5.41) is 41.7. The second-order valence-corrected chi connectivity index (χ2v) is 13.4. The van der Waals surface area contributed by atoms with Gasteiger partial charge in [0.15, 0.2) is 5.13 Å². The number of nitrogens with two attached hydrogens (primary N) is 1. The van der Waals surface area contributed by atoms with Crippen LogP contribution >= 0.6 is 11.3 Å². The number of anilines is 2. The van der Waals surface area contributed by atoms with Crippen molar-refractivity contribution in [3.8, 4) is 11.1 Å². The van der Waals surface area contributed by atoms with E-state index in [4.69, 9.17) is 5.73 Å². The highest BCUT2D eigenvalue weighted by Gasteiger charge is 2.38. The molecule has 0 fully saturated rings. The highest BCUT2D eigenvalue weighted by Crippen LogP contribution is 2.40. The number of nitrogens with one attached hydrogen (secondary N) is 1. The van der Waals surface area contributed by atoms with Crippen molar-refractivity contribution in [3.63, 3.8) is 0 Å². The normalized spacial score (nSPS) is 22.0. The molecule has 0 saturated carbocycles. The average Bonchev–Trinajstić information content (AvgIpc) is 3.28. The minimum Gasteiger partial charge on any atom is -0.387 e. The van der Waals surface area contributed by atoms with Gasteiger partial charge in [0.1, 0.15) is 24.4 Å². The van der Waals surface area contributed by atoms with E-state index in [1.807, 2.05) is 0 Å². The highest BCUT2D eigenvalue weighted by molar-refractivity contribution is 7.94. The molecular formula is C24H30N6O7S2. The molecule has 0 bridgehead atoms. The maximum atomic E-state index is 12.5. The van der Waals surface area contributed by atoms with Gasteiger partial charge in [-0.2, -0.15) is 0 Å². The van der Waals surface area contributed by atoms with Crippen LogP contribution in [0, 0.1) is 0 Å². The molecule has 4 atom stereocenters.